The van der Waals surface area contributed by atoms with E-state index in [9.17, 15) is 4.79 Å². The number of rotatable bonds is 2. The van der Waals surface area contributed by atoms with Crippen LogP contribution in [0, 0.1) is 5.92 Å². The second-order valence-corrected chi connectivity index (χ2v) is 5.62. The van der Waals surface area contributed by atoms with Crippen LogP contribution in [-0.2, 0) is 0 Å². The Morgan fingerprint density at radius 3 is 3.06 bits per heavy atom. The van der Waals surface area contributed by atoms with E-state index in [0.29, 0.717) is 10.7 Å². The summed E-state index contributed by atoms with van der Waals surface area (Å²) in [4.78, 5) is 18.5. The summed E-state index contributed by atoms with van der Waals surface area (Å²) in [5.41, 5.74) is 0.437. The van der Waals surface area contributed by atoms with Gasteiger partial charge in [-0.3, -0.25) is 4.79 Å². The Labute approximate surface area is 111 Å². The SMILES string of the molecule is O=C(N[C@@H]1C[C@@H]2CCN(C2)C1)c1ccc(Cl)cn1. The molecule has 2 aliphatic heterocycles. The molecule has 1 unspecified atom stereocenters. The summed E-state index contributed by atoms with van der Waals surface area (Å²) < 4.78 is 0. The number of fused-ring (bicyclic) bond motifs is 2. The first kappa shape index (κ1) is 11.9. The Morgan fingerprint density at radius 2 is 2.33 bits per heavy atom. The van der Waals surface area contributed by atoms with E-state index < -0.39 is 0 Å². The molecular weight excluding hydrogens is 250 g/mol. The molecule has 0 radical (unpaired) electrons. The number of nitrogens with zero attached hydrogens (tertiary/aromatic N) is 2. The smallest absolute Gasteiger partial charge is 0.270 e. The molecule has 2 aliphatic rings. The molecule has 3 rings (SSSR count). The maximum atomic E-state index is 12.0. The molecule has 1 amide bonds. The Morgan fingerprint density at radius 1 is 1.44 bits per heavy atom. The van der Waals surface area contributed by atoms with E-state index >= 15 is 0 Å². The summed E-state index contributed by atoms with van der Waals surface area (Å²) in [5.74, 6) is 0.654. The molecule has 0 saturated carbocycles. The van der Waals surface area contributed by atoms with Crippen LogP contribution >= 0.6 is 11.6 Å². The standard InChI is InChI=1S/C13H16ClN3O/c14-10-1-2-12(15-6-10)13(18)16-11-5-9-3-4-17(7-9)8-11/h1-2,6,9,11H,3-5,7-8H2,(H,16,18)/t9-,11+/m0/s1. The van der Waals surface area contributed by atoms with Crippen LogP contribution in [0.4, 0.5) is 0 Å². The molecule has 2 saturated heterocycles. The van der Waals surface area contributed by atoms with Gasteiger partial charge in [0.05, 0.1) is 5.02 Å². The van der Waals surface area contributed by atoms with Crippen molar-refractivity contribution in [2.45, 2.75) is 18.9 Å². The number of hydrogen-bond acceptors (Lipinski definition) is 3. The molecular formula is C13H16ClN3O. The summed E-state index contributed by atoms with van der Waals surface area (Å²) >= 11 is 5.75. The fourth-order valence-electron chi connectivity index (χ4n) is 2.93. The molecule has 0 aromatic carbocycles. The number of piperidine rings is 1. The van der Waals surface area contributed by atoms with E-state index in [1.807, 2.05) is 0 Å². The zero-order valence-electron chi connectivity index (χ0n) is 10.1. The number of amides is 1. The zero-order valence-corrected chi connectivity index (χ0v) is 10.9. The van der Waals surface area contributed by atoms with Gasteiger partial charge in [0.1, 0.15) is 5.69 Å². The highest BCUT2D eigenvalue weighted by atomic mass is 35.5. The average Bonchev–Trinajstić information content (AvgIpc) is 2.69. The summed E-state index contributed by atoms with van der Waals surface area (Å²) in [7, 11) is 0. The van der Waals surface area contributed by atoms with E-state index in [1.54, 1.807) is 12.1 Å². The zero-order chi connectivity index (χ0) is 12.5. The monoisotopic (exact) mass is 265 g/mol. The molecule has 0 aliphatic carbocycles. The maximum Gasteiger partial charge on any atom is 0.270 e. The van der Waals surface area contributed by atoms with Gasteiger partial charge in [0, 0.05) is 25.3 Å². The van der Waals surface area contributed by atoms with Crippen LogP contribution in [0.5, 0.6) is 0 Å². The molecule has 2 fully saturated rings. The van der Waals surface area contributed by atoms with Crippen molar-refractivity contribution in [1.82, 2.24) is 15.2 Å². The predicted octanol–water partition coefficient (Wildman–Crippen LogP) is 1.56. The molecule has 3 heterocycles. The molecule has 1 aromatic heterocycles. The minimum atomic E-state index is -0.0980. The van der Waals surface area contributed by atoms with Gasteiger partial charge in [0.25, 0.3) is 5.91 Å². The van der Waals surface area contributed by atoms with E-state index in [1.165, 1.54) is 25.7 Å². The number of nitrogens with one attached hydrogen (secondary N) is 1. The topological polar surface area (TPSA) is 45.2 Å². The normalized spacial score (nSPS) is 30.2. The molecule has 1 N–H and O–H groups in total. The van der Waals surface area contributed by atoms with Gasteiger partial charge in [-0.15, -0.1) is 0 Å². The third-order valence-electron chi connectivity index (χ3n) is 3.76. The minimum absolute atomic E-state index is 0.0980. The van der Waals surface area contributed by atoms with Crippen LogP contribution in [0.1, 0.15) is 23.3 Å². The van der Waals surface area contributed by atoms with E-state index in [4.69, 9.17) is 11.6 Å². The number of carbonyl (C=O) groups excluding carboxylic acids is 1. The second-order valence-electron chi connectivity index (χ2n) is 5.18. The van der Waals surface area contributed by atoms with Gasteiger partial charge in [-0.1, -0.05) is 11.6 Å². The van der Waals surface area contributed by atoms with Gasteiger partial charge >= 0.3 is 0 Å². The first-order valence-corrected chi connectivity index (χ1v) is 6.73. The van der Waals surface area contributed by atoms with Crippen molar-refractivity contribution in [1.29, 1.82) is 0 Å². The third kappa shape index (κ3) is 2.49. The van der Waals surface area contributed by atoms with Crippen LogP contribution < -0.4 is 5.32 Å². The number of hydrogen-bond donors (Lipinski definition) is 1. The number of pyridine rings is 1. The van der Waals surface area contributed by atoms with Gasteiger partial charge < -0.3 is 10.2 Å². The van der Waals surface area contributed by atoms with Crippen LogP contribution in [0.25, 0.3) is 0 Å². The van der Waals surface area contributed by atoms with Crippen LogP contribution in [0.15, 0.2) is 18.3 Å². The first-order valence-electron chi connectivity index (χ1n) is 6.35. The van der Waals surface area contributed by atoms with Crippen molar-refractivity contribution in [3.63, 3.8) is 0 Å². The van der Waals surface area contributed by atoms with Gasteiger partial charge in [0.15, 0.2) is 0 Å². The molecule has 4 nitrogen and oxygen atoms in total. The summed E-state index contributed by atoms with van der Waals surface area (Å²) in [6.07, 6.45) is 3.87. The van der Waals surface area contributed by atoms with Crippen LogP contribution in [0.3, 0.4) is 0 Å². The Kier molecular flexibility index (Phi) is 3.22. The number of aromatic nitrogens is 1. The van der Waals surface area contributed by atoms with Crippen LogP contribution in [-0.4, -0.2) is 41.5 Å². The van der Waals surface area contributed by atoms with Crippen molar-refractivity contribution in [2.75, 3.05) is 19.6 Å². The molecule has 18 heavy (non-hydrogen) atoms. The lowest BCUT2D eigenvalue weighted by Gasteiger charge is -2.30. The summed E-state index contributed by atoms with van der Waals surface area (Å²) in [5, 5.41) is 3.62. The average molecular weight is 266 g/mol. The minimum Gasteiger partial charge on any atom is -0.347 e. The largest absolute Gasteiger partial charge is 0.347 e. The van der Waals surface area contributed by atoms with Crippen molar-refractivity contribution in [3.8, 4) is 0 Å². The molecule has 2 bridgehead atoms. The first-order chi connectivity index (χ1) is 8.70. The van der Waals surface area contributed by atoms with E-state index in [0.717, 1.165) is 18.9 Å². The van der Waals surface area contributed by atoms with Crippen molar-refractivity contribution in [3.05, 3.63) is 29.0 Å². The van der Waals surface area contributed by atoms with E-state index in [2.05, 4.69) is 15.2 Å². The molecule has 0 spiro atoms. The molecule has 3 atom stereocenters. The summed E-state index contributed by atoms with van der Waals surface area (Å²) in [6, 6.07) is 3.61. The molecule has 5 heteroatoms. The number of halogens is 1. The lowest BCUT2D eigenvalue weighted by atomic mass is 9.97. The Hall–Kier alpha value is -1.13. The quantitative estimate of drug-likeness (QED) is 0.883. The molecule has 1 aromatic rings. The van der Waals surface area contributed by atoms with Gasteiger partial charge in [-0.2, -0.15) is 0 Å². The maximum absolute atomic E-state index is 12.0. The third-order valence-corrected chi connectivity index (χ3v) is 3.99. The fraction of sp³-hybridized carbons (Fsp3) is 0.538. The predicted molar refractivity (Wildman–Crippen MR) is 69.7 cm³/mol. The van der Waals surface area contributed by atoms with Crippen LogP contribution in [0.2, 0.25) is 5.02 Å². The van der Waals surface area contributed by atoms with Crippen molar-refractivity contribution < 1.29 is 4.79 Å². The summed E-state index contributed by atoms with van der Waals surface area (Å²) in [6.45, 7) is 3.34. The van der Waals surface area contributed by atoms with E-state index in [-0.39, 0.29) is 11.9 Å². The Balaban J connectivity index is 1.62. The lowest BCUT2D eigenvalue weighted by molar-refractivity contribution is 0.0904. The molecule has 96 valence electrons. The van der Waals surface area contributed by atoms with Gasteiger partial charge in [-0.25, -0.2) is 4.98 Å². The highest BCUT2D eigenvalue weighted by Crippen LogP contribution is 2.26. The van der Waals surface area contributed by atoms with Gasteiger partial charge in [-0.05, 0) is 37.4 Å². The van der Waals surface area contributed by atoms with Crippen molar-refractivity contribution >= 4 is 17.5 Å². The Bertz CT molecular complexity index is 436. The number of carbonyl (C=O) groups is 1. The van der Waals surface area contributed by atoms with Gasteiger partial charge in [0.2, 0.25) is 0 Å². The highest BCUT2D eigenvalue weighted by molar-refractivity contribution is 6.30. The lowest BCUT2D eigenvalue weighted by Crippen LogP contribution is -2.47. The second kappa shape index (κ2) is 4.86. The highest BCUT2D eigenvalue weighted by Gasteiger charge is 2.33. The van der Waals surface area contributed by atoms with Crippen molar-refractivity contribution in [2.24, 2.45) is 5.92 Å². The fourth-order valence-corrected chi connectivity index (χ4v) is 3.05.